The summed E-state index contributed by atoms with van der Waals surface area (Å²) in [6.45, 7) is 5.77. The molecule has 1 N–H and O–H groups in total. The number of carboxylic acid groups (broad SMARTS) is 1. The van der Waals surface area contributed by atoms with Crippen LogP contribution in [0, 0.1) is 20.8 Å². The number of aryl methyl sites for hydroxylation is 3. The molecule has 0 aliphatic carbocycles. The third-order valence-electron chi connectivity index (χ3n) is 2.83. The maximum Gasteiger partial charge on any atom is 0.337 e. The highest BCUT2D eigenvalue weighted by Gasteiger charge is 2.11. The average Bonchev–Trinajstić information content (AvgIpc) is 2.58. The molecule has 0 spiro atoms. The molecule has 2 aromatic heterocycles. The summed E-state index contributed by atoms with van der Waals surface area (Å²) in [7, 11) is 0. The zero-order valence-electron chi connectivity index (χ0n) is 10.1. The lowest BCUT2D eigenvalue weighted by Gasteiger charge is -2.10. The lowest BCUT2D eigenvalue weighted by molar-refractivity contribution is 0.0695. The lowest BCUT2D eigenvalue weighted by atomic mass is 10.1. The Bertz CT molecular complexity index is 566. The van der Waals surface area contributed by atoms with Crippen LogP contribution in [0.15, 0.2) is 24.4 Å². The van der Waals surface area contributed by atoms with Crippen LogP contribution in [0.2, 0.25) is 0 Å². The Morgan fingerprint density at radius 1 is 1.24 bits per heavy atom. The van der Waals surface area contributed by atoms with Crippen molar-refractivity contribution in [1.29, 1.82) is 0 Å². The summed E-state index contributed by atoms with van der Waals surface area (Å²) in [5, 5.41) is 8.95. The van der Waals surface area contributed by atoms with Crippen LogP contribution in [-0.2, 0) is 0 Å². The van der Waals surface area contributed by atoms with Crippen molar-refractivity contribution in [2.45, 2.75) is 20.8 Å². The Labute approximate surface area is 99.5 Å². The van der Waals surface area contributed by atoms with Gasteiger partial charge in [0.2, 0.25) is 0 Å². The summed E-state index contributed by atoms with van der Waals surface area (Å²) >= 11 is 0. The van der Waals surface area contributed by atoms with E-state index >= 15 is 0 Å². The van der Waals surface area contributed by atoms with Gasteiger partial charge in [0.1, 0.15) is 5.82 Å². The van der Waals surface area contributed by atoms with Crippen LogP contribution >= 0.6 is 0 Å². The van der Waals surface area contributed by atoms with Crippen molar-refractivity contribution in [2.24, 2.45) is 0 Å². The first-order valence-corrected chi connectivity index (χ1v) is 5.36. The summed E-state index contributed by atoms with van der Waals surface area (Å²) in [4.78, 5) is 15.1. The Morgan fingerprint density at radius 3 is 2.29 bits per heavy atom. The van der Waals surface area contributed by atoms with Crippen molar-refractivity contribution in [1.82, 2.24) is 9.55 Å². The lowest BCUT2D eigenvalue weighted by Crippen LogP contribution is -2.06. The molecule has 0 aliphatic rings. The Hall–Kier alpha value is -2.10. The van der Waals surface area contributed by atoms with Gasteiger partial charge in [0.15, 0.2) is 0 Å². The smallest absolute Gasteiger partial charge is 0.337 e. The van der Waals surface area contributed by atoms with E-state index in [0.29, 0.717) is 0 Å². The quantitative estimate of drug-likeness (QED) is 0.862. The Kier molecular flexibility index (Phi) is 2.71. The minimum absolute atomic E-state index is 0.246. The summed E-state index contributed by atoms with van der Waals surface area (Å²) in [6, 6.07) is 5.82. The Morgan fingerprint density at radius 2 is 1.82 bits per heavy atom. The fraction of sp³-hybridized carbons (Fsp3) is 0.231. The molecule has 0 bridgehead atoms. The van der Waals surface area contributed by atoms with Gasteiger partial charge in [0, 0.05) is 17.6 Å². The molecular weight excluding hydrogens is 216 g/mol. The molecule has 0 saturated heterocycles. The molecule has 0 aromatic carbocycles. The molecule has 0 saturated carbocycles. The van der Waals surface area contributed by atoms with Crippen LogP contribution in [0.3, 0.4) is 0 Å². The van der Waals surface area contributed by atoms with E-state index in [9.17, 15) is 4.79 Å². The molecule has 0 unspecified atom stereocenters. The van der Waals surface area contributed by atoms with E-state index in [-0.39, 0.29) is 5.56 Å². The molecule has 0 fully saturated rings. The third kappa shape index (κ3) is 1.93. The molecule has 0 radical (unpaired) electrons. The maximum atomic E-state index is 10.9. The number of rotatable bonds is 2. The van der Waals surface area contributed by atoms with Crippen molar-refractivity contribution in [3.63, 3.8) is 0 Å². The number of hydrogen-bond donors (Lipinski definition) is 1. The van der Waals surface area contributed by atoms with E-state index in [1.807, 2.05) is 30.5 Å². The van der Waals surface area contributed by atoms with E-state index in [2.05, 4.69) is 4.98 Å². The summed E-state index contributed by atoms with van der Waals surface area (Å²) in [6.07, 6.45) is 1.41. The first kappa shape index (κ1) is 11.4. The van der Waals surface area contributed by atoms with Gasteiger partial charge in [-0.25, -0.2) is 9.78 Å². The van der Waals surface area contributed by atoms with Crippen LogP contribution in [0.1, 0.15) is 27.3 Å². The molecule has 0 amide bonds. The van der Waals surface area contributed by atoms with E-state index < -0.39 is 5.97 Å². The number of hydrogen-bond acceptors (Lipinski definition) is 2. The second-order valence-electron chi connectivity index (χ2n) is 4.11. The predicted octanol–water partition coefficient (Wildman–Crippen LogP) is 2.50. The monoisotopic (exact) mass is 230 g/mol. The van der Waals surface area contributed by atoms with Gasteiger partial charge in [-0.3, -0.25) is 0 Å². The van der Waals surface area contributed by atoms with Gasteiger partial charge >= 0.3 is 5.97 Å². The molecule has 4 heteroatoms. The van der Waals surface area contributed by atoms with Crippen LogP contribution in [0.5, 0.6) is 0 Å². The number of aromatic nitrogens is 2. The van der Waals surface area contributed by atoms with Crippen molar-refractivity contribution in [3.05, 3.63) is 46.9 Å². The normalized spacial score (nSPS) is 10.5. The highest BCUT2D eigenvalue weighted by Crippen LogP contribution is 2.17. The number of pyridine rings is 1. The van der Waals surface area contributed by atoms with Gasteiger partial charge in [0.25, 0.3) is 0 Å². The fourth-order valence-corrected chi connectivity index (χ4v) is 1.92. The second kappa shape index (κ2) is 4.05. The zero-order chi connectivity index (χ0) is 12.6. The van der Waals surface area contributed by atoms with Crippen LogP contribution in [0.25, 0.3) is 5.82 Å². The summed E-state index contributed by atoms with van der Waals surface area (Å²) in [5.74, 6) is -0.185. The molecule has 88 valence electrons. The SMILES string of the molecule is Cc1cc(-n2c(C)ccc2C)ncc1C(=O)O. The number of carboxylic acids is 1. The molecule has 17 heavy (non-hydrogen) atoms. The van der Waals surface area contributed by atoms with Crippen molar-refractivity contribution < 1.29 is 9.90 Å². The largest absolute Gasteiger partial charge is 0.478 e. The van der Waals surface area contributed by atoms with Crippen molar-refractivity contribution in [3.8, 4) is 5.82 Å². The maximum absolute atomic E-state index is 10.9. The van der Waals surface area contributed by atoms with Crippen molar-refractivity contribution >= 4 is 5.97 Å². The fourth-order valence-electron chi connectivity index (χ4n) is 1.92. The van der Waals surface area contributed by atoms with E-state index in [1.54, 1.807) is 13.0 Å². The number of aromatic carboxylic acids is 1. The molecule has 4 nitrogen and oxygen atoms in total. The zero-order valence-corrected chi connectivity index (χ0v) is 10.1. The minimum Gasteiger partial charge on any atom is -0.478 e. The highest BCUT2D eigenvalue weighted by atomic mass is 16.4. The molecule has 2 rings (SSSR count). The molecule has 2 aromatic rings. The predicted molar refractivity (Wildman–Crippen MR) is 64.7 cm³/mol. The van der Waals surface area contributed by atoms with Gasteiger partial charge in [-0.05, 0) is 44.5 Å². The Balaban J connectivity index is 2.56. The summed E-state index contributed by atoms with van der Waals surface area (Å²) in [5.41, 5.74) is 3.13. The van der Waals surface area contributed by atoms with E-state index in [1.165, 1.54) is 6.20 Å². The number of carbonyl (C=O) groups is 1. The van der Waals surface area contributed by atoms with Crippen LogP contribution < -0.4 is 0 Å². The third-order valence-corrected chi connectivity index (χ3v) is 2.83. The second-order valence-corrected chi connectivity index (χ2v) is 4.11. The van der Waals surface area contributed by atoms with Crippen LogP contribution in [-0.4, -0.2) is 20.6 Å². The topological polar surface area (TPSA) is 55.1 Å². The highest BCUT2D eigenvalue weighted by molar-refractivity contribution is 5.89. The van der Waals surface area contributed by atoms with E-state index in [0.717, 1.165) is 22.8 Å². The molecule has 0 atom stereocenters. The van der Waals surface area contributed by atoms with Gasteiger partial charge < -0.3 is 9.67 Å². The van der Waals surface area contributed by atoms with Gasteiger partial charge in [-0.2, -0.15) is 0 Å². The van der Waals surface area contributed by atoms with Crippen molar-refractivity contribution in [2.75, 3.05) is 0 Å². The van der Waals surface area contributed by atoms with Gasteiger partial charge in [-0.1, -0.05) is 0 Å². The molecule has 0 aliphatic heterocycles. The first-order valence-electron chi connectivity index (χ1n) is 5.36. The summed E-state index contributed by atoms with van der Waals surface area (Å²) < 4.78 is 2.00. The van der Waals surface area contributed by atoms with Crippen LogP contribution in [0.4, 0.5) is 0 Å². The minimum atomic E-state index is -0.942. The van der Waals surface area contributed by atoms with E-state index in [4.69, 9.17) is 5.11 Å². The standard InChI is InChI=1S/C13H14N2O2/c1-8-6-12(14-7-11(8)13(16)17)15-9(2)4-5-10(15)3/h4-7H,1-3H3,(H,16,17). The number of nitrogens with zero attached hydrogens (tertiary/aromatic N) is 2. The van der Waals surface area contributed by atoms with Gasteiger partial charge in [0.05, 0.1) is 5.56 Å². The van der Waals surface area contributed by atoms with Gasteiger partial charge in [-0.15, -0.1) is 0 Å². The first-order chi connectivity index (χ1) is 8.00. The average molecular weight is 230 g/mol. The molecular formula is C13H14N2O2. The molecule has 2 heterocycles.